The molecule has 1 aromatic carbocycles. The highest BCUT2D eigenvalue weighted by Crippen LogP contribution is 2.36. The molecule has 3 aromatic rings. The summed E-state index contributed by atoms with van der Waals surface area (Å²) in [7, 11) is 0. The number of rotatable bonds is 4. The standard InChI is InChI=1S/C22H24Cl2N4O2/c1-12-19(13(2)28(26-12)11-14-5-6-16(23)17(24)9-14)25-21(29)20-15-10-22(3,4)8-7-18(15)30-27-20/h5-6,9H,7-8,10-11H2,1-4H3,(H,25,29). The van der Waals surface area contributed by atoms with Crippen LogP contribution in [-0.2, 0) is 19.4 Å². The first-order chi connectivity index (χ1) is 14.1. The molecule has 0 bridgehead atoms. The van der Waals surface area contributed by atoms with Gasteiger partial charge in [0, 0.05) is 12.0 Å². The van der Waals surface area contributed by atoms with E-state index in [-0.39, 0.29) is 11.3 Å². The van der Waals surface area contributed by atoms with Crippen molar-refractivity contribution in [1.82, 2.24) is 14.9 Å². The van der Waals surface area contributed by atoms with Crippen molar-refractivity contribution in [2.24, 2.45) is 5.41 Å². The van der Waals surface area contributed by atoms with Crippen molar-refractivity contribution < 1.29 is 9.32 Å². The molecule has 4 rings (SSSR count). The van der Waals surface area contributed by atoms with Gasteiger partial charge in [-0.2, -0.15) is 5.10 Å². The van der Waals surface area contributed by atoms with E-state index in [1.165, 1.54) is 0 Å². The van der Waals surface area contributed by atoms with Gasteiger partial charge in [-0.1, -0.05) is 48.3 Å². The van der Waals surface area contributed by atoms with Gasteiger partial charge >= 0.3 is 0 Å². The summed E-state index contributed by atoms with van der Waals surface area (Å²) < 4.78 is 7.29. The zero-order valence-corrected chi connectivity index (χ0v) is 19.0. The van der Waals surface area contributed by atoms with E-state index in [1.807, 2.05) is 30.7 Å². The van der Waals surface area contributed by atoms with Crippen LogP contribution in [0.5, 0.6) is 0 Å². The van der Waals surface area contributed by atoms with Crippen LogP contribution in [0.4, 0.5) is 5.69 Å². The maximum Gasteiger partial charge on any atom is 0.278 e. The largest absolute Gasteiger partial charge is 0.360 e. The van der Waals surface area contributed by atoms with Gasteiger partial charge in [0.2, 0.25) is 0 Å². The number of benzene rings is 1. The third-order valence-corrected chi connectivity index (χ3v) is 6.44. The molecule has 1 aliphatic carbocycles. The molecule has 0 fully saturated rings. The lowest BCUT2D eigenvalue weighted by molar-refractivity contribution is 0.101. The Morgan fingerprint density at radius 3 is 2.77 bits per heavy atom. The molecule has 0 atom stereocenters. The predicted octanol–water partition coefficient (Wildman–Crippen LogP) is 5.61. The summed E-state index contributed by atoms with van der Waals surface area (Å²) in [6.45, 7) is 8.72. The second-order valence-corrected chi connectivity index (χ2v) is 9.49. The Labute approximate surface area is 185 Å². The lowest BCUT2D eigenvalue weighted by Gasteiger charge is -2.28. The Morgan fingerprint density at radius 1 is 1.27 bits per heavy atom. The molecule has 1 N–H and O–H groups in total. The molecule has 8 heteroatoms. The molecular weight excluding hydrogens is 423 g/mol. The summed E-state index contributed by atoms with van der Waals surface area (Å²) in [5, 5.41) is 12.7. The number of nitrogens with zero attached hydrogens (tertiary/aromatic N) is 3. The molecule has 0 saturated heterocycles. The van der Waals surface area contributed by atoms with Crippen LogP contribution >= 0.6 is 23.2 Å². The minimum absolute atomic E-state index is 0.129. The maximum atomic E-state index is 13.0. The Kier molecular flexibility index (Phi) is 5.41. The van der Waals surface area contributed by atoms with Gasteiger partial charge in [0.1, 0.15) is 5.76 Å². The number of carbonyl (C=O) groups excluding carboxylic acids is 1. The van der Waals surface area contributed by atoms with Crippen molar-refractivity contribution >= 4 is 34.8 Å². The van der Waals surface area contributed by atoms with Crippen molar-refractivity contribution in [3.8, 4) is 0 Å². The van der Waals surface area contributed by atoms with E-state index in [1.54, 1.807) is 6.07 Å². The molecule has 6 nitrogen and oxygen atoms in total. The SMILES string of the molecule is Cc1nn(Cc2ccc(Cl)c(Cl)c2)c(C)c1NC(=O)c1noc2c1CC(C)(C)CC2. The van der Waals surface area contributed by atoms with Gasteiger partial charge < -0.3 is 9.84 Å². The molecule has 0 aliphatic heterocycles. The Bertz CT molecular complexity index is 1130. The number of carbonyl (C=O) groups is 1. The Hall–Kier alpha value is -2.31. The van der Waals surface area contributed by atoms with Crippen LogP contribution in [0, 0.1) is 19.3 Å². The predicted molar refractivity (Wildman–Crippen MR) is 118 cm³/mol. The average molecular weight is 447 g/mol. The van der Waals surface area contributed by atoms with Crippen LogP contribution in [0.25, 0.3) is 0 Å². The molecule has 158 valence electrons. The van der Waals surface area contributed by atoms with Gasteiger partial charge in [-0.25, -0.2) is 0 Å². The van der Waals surface area contributed by atoms with Crippen LogP contribution in [-0.4, -0.2) is 20.8 Å². The lowest BCUT2D eigenvalue weighted by Crippen LogP contribution is -2.24. The third-order valence-electron chi connectivity index (χ3n) is 5.71. The highest BCUT2D eigenvalue weighted by atomic mass is 35.5. The summed E-state index contributed by atoms with van der Waals surface area (Å²) in [4.78, 5) is 13.0. The summed E-state index contributed by atoms with van der Waals surface area (Å²) in [6.07, 6.45) is 2.61. The maximum absolute atomic E-state index is 13.0. The third kappa shape index (κ3) is 3.98. The number of amides is 1. The van der Waals surface area contributed by atoms with Gasteiger partial charge in [-0.05, 0) is 49.8 Å². The molecule has 1 aliphatic rings. The highest BCUT2D eigenvalue weighted by molar-refractivity contribution is 6.42. The number of aromatic nitrogens is 3. The topological polar surface area (TPSA) is 73.0 Å². The van der Waals surface area contributed by atoms with Crippen molar-refractivity contribution in [3.05, 3.63) is 62.2 Å². The van der Waals surface area contributed by atoms with E-state index in [2.05, 4.69) is 29.4 Å². The smallest absolute Gasteiger partial charge is 0.278 e. The van der Waals surface area contributed by atoms with Crippen LogP contribution in [0.3, 0.4) is 0 Å². The van der Waals surface area contributed by atoms with Crippen LogP contribution < -0.4 is 5.32 Å². The minimum Gasteiger partial charge on any atom is -0.360 e. The van der Waals surface area contributed by atoms with Gasteiger partial charge in [0.05, 0.1) is 33.7 Å². The van der Waals surface area contributed by atoms with Crippen LogP contribution in [0.2, 0.25) is 10.0 Å². The van der Waals surface area contributed by atoms with Crippen molar-refractivity contribution in [2.45, 2.75) is 53.5 Å². The zero-order valence-electron chi connectivity index (χ0n) is 17.5. The second-order valence-electron chi connectivity index (χ2n) is 8.68. The Morgan fingerprint density at radius 2 is 2.03 bits per heavy atom. The van der Waals surface area contributed by atoms with E-state index in [4.69, 9.17) is 27.7 Å². The number of aryl methyl sites for hydroxylation is 2. The first-order valence-corrected chi connectivity index (χ1v) is 10.7. The first kappa shape index (κ1) is 20.9. The summed E-state index contributed by atoms with van der Waals surface area (Å²) in [6, 6.07) is 5.50. The van der Waals surface area contributed by atoms with Gasteiger partial charge in [-0.15, -0.1) is 0 Å². The van der Waals surface area contributed by atoms with E-state index in [9.17, 15) is 4.79 Å². The Balaban J connectivity index is 1.57. The average Bonchev–Trinajstić information content (AvgIpc) is 3.19. The quantitative estimate of drug-likeness (QED) is 0.564. The molecule has 30 heavy (non-hydrogen) atoms. The number of hydrogen-bond donors (Lipinski definition) is 1. The fourth-order valence-corrected chi connectivity index (χ4v) is 4.26. The number of hydrogen-bond acceptors (Lipinski definition) is 4. The fraction of sp³-hybridized carbons (Fsp3) is 0.409. The molecular formula is C22H24Cl2N4O2. The highest BCUT2D eigenvalue weighted by Gasteiger charge is 2.33. The zero-order chi connectivity index (χ0) is 21.6. The van der Waals surface area contributed by atoms with E-state index in [0.29, 0.717) is 28.0 Å². The van der Waals surface area contributed by atoms with E-state index < -0.39 is 0 Å². The molecule has 2 heterocycles. The molecule has 2 aromatic heterocycles. The van der Waals surface area contributed by atoms with Gasteiger partial charge in [0.15, 0.2) is 5.69 Å². The summed E-state index contributed by atoms with van der Waals surface area (Å²) in [5.41, 5.74) is 4.66. The fourth-order valence-electron chi connectivity index (χ4n) is 3.93. The number of fused-ring (bicyclic) bond motifs is 1. The normalized spacial score (nSPS) is 15.1. The first-order valence-electron chi connectivity index (χ1n) is 9.91. The molecule has 0 unspecified atom stereocenters. The van der Waals surface area contributed by atoms with Crippen molar-refractivity contribution in [3.63, 3.8) is 0 Å². The van der Waals surface area contributed by atoms with E-state index >= 15 is 0 Å². The number of anilines is 1. The van der Waals surface area contributed by atoms with Crippen LogP contribution in [0.15, 0.2) is 22.7 Å². The summed E-state index contributed by atoms with van der Waals surface area (Å²) >= 11 is 12.1. The number of nitrogens with one attached hydrogen (secondary N) is 1. The molecule has 0 radical (unpaired) electrons. The van der Waals surface area contributed by atoms with Crippen LogP contribution in [0.1, 0.15) is 59.0 Å². The minimum atomic E-state index is -0.266. The lowest BCUT2D eigenvalue weighted by atomic mass is 9.76. The van der Waals surface area contributed by atoms with Crippen molar-refractivity contribution in [2.75, 3.05) is 5.32 Å². The van der Waals surface area contributed by atoms with Crippen molar-refractivity contribution in [1.29, 1.82) is 0 Å². The number of halogens is 2. The van der Waals surface area contributed by atoms with Gasteiger partial charge in [0.25, 0.3) is 5.91 Å². The monoisotopic (exact) mass is 446 g/mol. The molecule has 0 spiro atoms. The van der Waals surface area contributed by atoms with E-state index in [0.717, 1.165) is 47.5 Å². The summed E-state index contributed by atoms with van der Waals surface area (Å²) in [5.74, 6) is 0.557. The molecule has 1 amide bonds. The molecule has 0 saturated carbocycles. The van der Waals surface area contributed by atoms with Gasteiger partial charge in [-0.3, -0.25) is 9.48 Å². The second kappa shape index (κ2) is 7.75.